The van der Waals surface area contributed by atoms with Crippen molar-refractivity contribution in [3.63, 3.8) is 0 Å². The van der Waals surface area contributed by atoms with E-state index in [0.717, 1.165) is 11.1 Å². The fraction of sp³-hybridized carbons (Fsp3) is 0.381. The van der Waals surface area contributed by atoms with Crippen LogP contribution in [0.4, 0.5) is 4.79 Å². The van der Waals surface area contributed by atoms with Gasteiger partial charge >= 0.3 is 6.09 Å². The highest BCUT2D eigenvalue weighted by Crippen LogP contribution is 2.26. The second-order valence-electron chi connectivity index (χ2n) is 6.53. The summed E-state index contributed by atoms with van der Waals surface area (Å²) in [6.45, 7) is 1.50. The molecule has 0 bridgehead atoms. The normalized spacial score (nSPS) is 16.5. The van der Waals surface area contributed by atoms with Crippen molar-refractivity contribution in [2.24, 2.45) is 0 Å². The van der Waals surface area contributed by atoms with E-state index in [9.17, 15) is 15.0 Å². The van der Waals surface area contributed by atoms with Gasteiger partial charge in [-0.05, 0) is 17.5 Å². The molecule has 0 aliphatic carbocycles. The molecule has 2 aromatic carbocycles. The van der Waals surface area contributed by atoms with Crippen LogP contribution >= 0.6 is 0 Å². The molecule has 1 saturated heterocycles. The molecule has 1 aliphatic rings. The van der Waals surface area contributed by atoms with Crippen molar-refractivity contribution in [2.45, 2.75) is 31.5 Å². The number of benzene rings is 2. The minimum absolute atomic E-state index is 0.179. The maximum Gasteiger partial charge on any atom is 0.407 e. The van der Waals surface area contributed by atoms with Crippen molar-refractivity contribution in [2.75, 3.05) is 19.8 Å². The van der Waals surface area contributed by atoms with Gasteiger partial charge in [-0.15, -0.1) is 0 Å². The summed E-state index contributed by atoms with van der Waals surface area (Å²) in [7, 11) is 0. The van der Waals surface area contributed by atoms with Gasteiger partial charge in [0.25, 0.3) is 0 Å². The summed E-state index contributed by atoms with van der Waals surface area (Å²) in [5.74, 6) is 0. The van der Waals surface area contributed by atoms with Crippen molar-refractivity contribution >= 4 is 6.09 Å². The van der Waals surface area contributed by atoms with Gasteiger partial charge in [-0.1, -0.05) is 54.6 Å². The molecule has 0 spiro atoms. The largest absolute Gasteiger partial charge is 0.445 e. The summed E-state index contributed by atoms with van der Waals surface area (Å²) in [6.07, 6.45) is -2.81. The molecule has 1 heterocycles. The van der Waals surface area contributed by atoms with Gasteiger partial charge < -0.3 is 29.7 Å². The van der Waals surface area contributed by atoms with E-state index in [1.165, 1.54) is 0 Å². The number of amides is 1. The van der Waals surface area contributed by atoms with Crippen LogP contribution < -0.4 is 5.32 Å². The maximum atomic E-state index is 11.7. The average Bonchev–Trinajstić information content (AvgIpc) is 3.27. The third kappa shape index (κ3) is 5.77. The predicted molar refractivity (Wildman–Crippen MR) is 101 cm³/mol. The Bertz CT molecular complexity index is 730. The van der Waals surface area contributed by atoms with E-state index in [4.69, 9.17) is 14.2 Å². The fourth-order valence-corrected chi connectivity index (χ4v) is 2.88. The molecular weight excluding hydrogens is 362 g/mol. The molecule has 3 N–H and O–H groups in total. The number of aliphatic hydroxyl groups is 2. The Balaban J connectivity index is 1.38. The molecule has 2 atom stereocenters. The van der Waals surface area contributed by atoms with E-state index in [-0.39, 0.29) is 25.9 Å². The molecule has 2 aromatic rings. The second kappa shape index (κ2) is 10.2. The van der Waals surface area contributed by atoms with Gasteiger partial charge in [0.2, 0.25) is 0 Å². The van der Waals surface area contributed by atoms with Crippen LogP contribution in [0.2, 0.25) is 0 Å². The quantitative estimate of drug-likeness (QED) is 0.644. The molecule has 1 fully saturated rings. The molecule has 3 rings (SSSR count). The Morgan fingerprint density at radius 2 is 1.75 bits per heavy atom. The molecule has 0 radical (unpaired) electrons. The summed E-state index contributed by atoms with van der Waals surface area (Å²) in [4.78, 5) is 11.7. The number of carbonyl (C=O) groups is 1. The van der Waals surface area contributed by atoms with Crippen LogP contribution in [0.15, 0.2) is 54.6 Å². The van der Waals surface area contributed by atoms with E-state index < -0.39 is 18.3 Å². The summed E-state index contributed by atoms with van der Waals surface area (Å²) in [5, 5.41) is 23.1. The van der Waals surface area contributed by atoms with Crippen LogP contribution in [0.1, 0.15) is 35.5 Å². The molecule has 2 unspecified atom stereocenters. The van der Waals surface area contributed by atoms with Crippen LogP contribution in [-0.4, -0.2) is 42.2 Å². The zero-order valence-electron chi connectivity index (χ0n) is 15.5. The lowest BCUT2D eigenvalue weighted by Crippen LogP contribution is -2.29. The standard InChI is InChI=1S/C21H25NO6/c23-18(10-11-22-21(25)28-14-15-4-2-1-3-5-15)19(24)16-6-8-17(9-7-16)20-26-12-13-27-20/h1-9,18-20,23-24H,10-14H2,(H,22,25). The lowest BCUT2D eigenvalue weighted by molar-refractivity contribution is -0.0441. The number of carbonyl (C=O) groups excluding carboxylic acids is 1. The number of rotatable bonds is 8. The first-order valence-corrected chi connectivity index (χ1v) is 9.27. The monoisotopic (exact) mass is 387 g/mol. The van der Waals surface area contributed by atoms with E-state index in [0.29, 0.717) is 18.8 Å². The molecule has 0 saturated carbocycles. The van der Waals surface area contributed by atoms with Crippen molar-refractivity contribution in [1.82, 2.24) is 5.32 Å². The first kappa shape index (κ1) is 20.3. The summed E-state index contributed by atoms with van der Waals surface area (Å²) in [5.41, 5.74) is 2.34. The zero-order chi connectivity index (χ0) is 19.8. The third-order valence-corrected chi connectivity index (χ3v) is 4.46. The number of hydrogen-bond acceptors (Lipinski definition) is 6. The number of ether oxygens (including phenoxy) is 3. The van der Waals surface area contributed by atoms with E-state index in [1.54, 1.807) is 24.3 Å². The molecule has 1 aliphatic heterocycles. The molecule has 150 valence electrons. The highest BCUT2D eigenvalue weighted by Gasteiger charge is 2.21. The van der Waals surface area contributed by atoms with Crippen molar-refractivity contribution in [3.8, 4) is 0 Å². The van der Waals surface area contributed by atoms with Gasteiger partial charge in [0.1, 0.15) is 12.7 Å². The van der Waals surface area contributed by atoms with Crippen LogP contribution in [0, 0.1) is 0 Å². The number of hydrogen-bond donors (Lipinski definition) is 3. The molecular formula is C21H25NO6. The molecule has 7 heteroatoms. The molecule has 7 nitrogen and oxygen atoms in total. The Labute approximate surface area is 163 Å². The summed E-state index contributed by atoms with van der Waals surface area (Å²) in [6, 6.07) is 16.4. The minimum atomic E-state index is -1.05. The predicted octanol–water partition coefficient (Wildman–Crippen LogP) is 2.44. The smallest absolute Gasteiger partial charge is 0.407 e. The van der Waals surface area contributed by atoms with Crippen LogP contribution in [0.5, 0.6) is 0 Å². The summed E-state index contributed by atoms with van der Waals surface area (Å²) < 4.78 is 15.9. The fourth-order valence-electron chi connectivity index (χ4n) is 2.88. The highest BCUT2D eigenvalue weighted by atomic mass is 16.7. The van der Waals surface area contributed by atoms with Gasteiger partial charge in [0.05, 0.1) is 19.3 Å². The van der Waals surface area contributed by atoms with Gasteiger partial charge in [-0.2, -0.15) is 0 Å². The minimum Gasteiger partial charge on any atom is -0.445 e. The number of aliphatic hydroxyl groups excluding tert-OH is 2. The first-order valence-electron chi connectivity index (χ1n) is 9.27. The maximum absolute atomic E-state index is 11.7. The zero-order valence-corrected chi connectivity index (χ0v) is 15.5. The Morgan fingerprint density at radius 3 is 2.43 bits per heavy atom. The number of nitrogens with one attached hydrogen (secondary N) is 1. The van der Waals surface area contributed by atoms with Crippen molar-refractivity contribution in [3.05, 3.63) is 71.3 Å². The highest BCUT2D eigenvalue weighted by molar-refractivity contribution is 5.67. The topological polar surface area (TPSA) is 97.3 Å². The lowest BCUT2D eigenvalue weighted by Gasteiger charge is -2.19. The van der Waals surface area contributed by atoms with E-state index in [1.807, 2.05) is 30.3 Å². The van der Waals surface area contributed by atoms with Crippen LogP contribution in [-0.2, 0) is 20.8 Å². The molecule has 28 heavy (non-hydrogen) atoms. The average molecular weight is 387 g/mol. The SMILES string of the molecule is O=C(NCCC(O)C(O)c1ccc(C2OCCO2)cc1)OCc1ccccc1. The third-order valence-electron chi connectivity index (χ3n) is 4.46. The first-order chi connectivity index (χ1) is 13.6. The van der Waals surface area contributed by atoms with Crippen LogP contribution in [0.25, 0.3) is 0 Å². The Kier molecular flexibility index (Phi) is 7.39. The van der Waals surface area contributed by atoms with Crippen molar-refractivity contribution in [1.29, 1.82) is 0 Å². The van der Waals surface area contributed by atoms with Crippen LogP contribution in [0.3, 0.4) is 0 Å². The van der Waals surface area contributed by atoms with E-state index >= 15 is 0 Å². The van der Waals surface area contributed by atoms with Gasteiger partial charge in [-0.25, -0.2) is 4.79 Å². The number of alkyl carbamates (subject to hydrolysis) is 1. The Hall–Kier alpha value is -2.45. The summed E-state index contributed by atoms with van der Waals surface area (Å²) >= 11 is 0. The van der Waals surface area contributed by atoms with E-state index in [2.05, 4.69) is 5.32 Å². The second-order valence-corrected chi connectivity index (χ2v) is 6.53. The van der Waals surface area contributed by atoms with Crippen molar-refractivity contribution < 1.29 is 29.2 Å². The molecule has 0 aromatic heterocycles. The van der Waals surface area contributed by atoms with Gasteiger partial charge in [-0.3, -0.25) is 0 Å². The Morgan fingerprint density at radius 1 is 1.07 bits per heavy atom. The lowest BCUT2D eigenvalue weighted by atomic mass is 10.0. The van der Waals surface area contributed by atoms with Gasteiger partial charge in [0.15, 0.2) is 6.29 Å². The van der Waals surface area contributed by atoms with Gasteiger partial charge in [0, 0.05) is 12.1 Å². The molecule has 1 amide bonds.